The van der Waals surface area contributed by atoms with Gasteiger partial charge in [0.1, 0.15) is 0 Å². The molecule has 8 heteroatoms. The second kappa shape index (κ2) is 8.91. The normalized spacial score (nSPS) is 10.9. The third-order valence-electron chi connectivity index (χ3n) is 4.25. The van der Waals surface area contributed by atoms with Crippen LogP contribution in [0.1, 0.15) is 32.3 Å². The minimum Gasteiger partial charge on any atom is -0.274 e. The van der Waals surface area contributed by atoms with E-state index in [0.717, 1.165) is 23.0 Å². The Morgan fingerprint density at radius 1 is 1.07 bits per heavy atom. The molecule has 29 heavy (non-hydrogen) atoms. The van der Waals surface area contributed by atoms with Crippen LogP contribution in [-0.2, 0) is 9.59 Å². The molecule has 1 heterocycles. The zero-order valence-electron chi connectivity index (χ0n) is 16.4. The van der Waals surface area contributed by atoms with E-state index in [4.69, 9.17) is 0 Å². The van der Waals surface area contributed by atoms with Crippen LogP contribution < -0.4 is 16.4 Å². The quantitative estimate of drug-likeness (QED) is 0.383. The van der Waals surface area contributed by atoms with Crippen LogP contribution in [0.2, 0.25) is 0 Å². The van der Waals surface area contributed by atoms with E-state index in [0.29, 0.717) is 16.1 Å². The molecule has 0 unspecified atom stereocenters. The van der Waals surface area contributed by atoms with Gasteiger partial charge in [-0.25, -0.2) is 4.98 Å². The lowest BCUT2D eigenvalue weighted by atomic mass is 10.0. The van der Waals surface area contributed by atoms with E-state index < -0.39 is 5.91 Å². The van der Waals surface area contributed by atoms with Crippen molar-refractivity contribution in [3.05, 3.63) is 64.4 Å². The van der Waals surface area contributed by atoms with E-state index in [9.17, 15) is 14.4 Å². The molecule has 0 fully saturated rings. The molecule has 2 amide bonds. The van der Waals surface area contributed by atoms with Crippen LogP contribution in [-0.4, -0.2) is 27.1 Å². The summed E-state index contributed by atoms with van der Waals surface area (Å²) in [5, 5.41) is 0.929. The molecule has 0 atom stereocenters. The van der Waals surface area contributed by atoms with Gasteiger partial charge in [0.15, 0.2) is 5.16 Å². The number of rotatable bonds is 5. The van der Waals surface area contributed by atoms with Gasteiger partial charge >= 0.3 is 0 Å². The van der Waals surface area contributed by atoms with Crippen LogP contribution >= 0.6 is 11.8 Å². The Balaban J connectivity index is 2.09. The molecule has 0 spiro atoms. The molecule has 0 saturated heterocycles. The van der Waals surface area contributed by atoms with E-state index in [-0.39, 0.29) is 23.1 Å². The number of fused-ring (bicyclic) bond motifs is 1. The molecule has 0 saturated carbocycles. The van der Waals surface area contributed by atoms with Gasteiger partial charge in [0, 0.05) is 6.92 Å². The number of nitrogens with one attached hydrogen (secondary N) is 2. The van der Waals surface area contributed by atoms with Crippen molar-refractivity contribution < 1.29 is 9.59 Å². The molecule has 0 radical (unpaired) electrons. The van der Waals surface area contributed by atoms with Crippen LogP contribution in [0.25, 0.3) is 16.6 Å². The van der Waals surface area contributed by atoms with Crippen LogP contribution in [0.5, 0.6) is 0 Å². The highest BCUT2D eigenvalue weighted by atomic mass is 32.2. The minimum atomic E-state index is -0.392. The van der Waals surface area contributed by atoms with Gasteiger partial charge in [-0.05, 0) is 29.7 Å². The number of aromatic nitrogens is 2. The summed E-state index contributed by atoms with van der Waals surface area (Å²) < 4.78 is 1.56. The monoisotopic (exact) mass is 410 g/mol. The number of para-hydroxylation sites is 2. The Morgan fingerprint density at radius 2 is 1.76 bits per heavy atom. The Labute approximate surface area is 172 Å². The number of nitrogens with zero attached hydrogens (tertiary/aromatic N) is 2. The van der Waals surface area contributed by atoms with Gasteiger partial charge in [-0.1, -0.05) is 55.9 Å². The SMILES string of the molecule is CC(=O)NNC(=O)CSc1nc2ccccc2c(=O)n1-c1ccccc1C(C)C. The lowest BCUT2D eigenvalue weighted by Gasteiger charge is -2.18. The third kappa shape index (κ3) is 4.65. The first-order valence-electron chi connectivity index (χ1n) is 9.17. The topological polar surface area (TPSA) is 93.1 Å². The summed E-state index contributed by atoms with van der Waals surface area (Å²) in [5.41, 5.74) is 6.71. The number of carbonyl (C=O) groups excluding carboxylic acids is 2. The summed E-state index contributed by atoms with van der Waals surface area (Å²) in [4.78, 5) is 41.0. The maximum atomic E-state index is 13.3. The molecule has 1 aromatic heterocycles. The van der Waals surface area contributed by atoms with E-state index in [2.05, 4.69) is 29.7 Å². The number of hydrazine groups is 1. The first kappa shape index (κ1) is 20.6. The fourth-order valence-electron chi connectivity index (χ4n) is 2.92. The van der Waals surface area contributed by atoms with Crippen LogP contribution in [0.3, 0.4) is 0 Å². The standard InChI is InChI=1S/C21H22N4O3S/c1-13(2)15-8-5-7-11-18(15)25-20(28)16-9-4-6-10-17(16)22-21(25)29-12-19(27)24-23-14(3)26/h4-11,13H,12H2,1-3H3,(H,23,26)(H,24,27). The maximum Gasteiger partial charge on any atom is 0.266 e. The summed E-state index contributed by atoms with van der Waals surface area (Å²) >= 11 is 1.14. The molecule has 0 aliphatic rings. The highest BCUT2D eigenvalue weighted by Crippen LogP contribution is 2.26. The van der Waals surface area contributed by atoms with Crippen molar-refractivity contribution in [1.29, 1.82) is 0 Å². The van der Waals surface area contributed by atoms with Gasteiger partial charge in [0.2, 0.25) is 11.8 Å². The van der Waals surface area contributed by atoms with Crippen molar-refractivity contribution in [1.82, 2.24) is 20.4 Å². The van der Waals surface area contributed by atoms with Crippen molar-refractivity contribution in [2.24, 2.45) is 0 Å². The third-order valence-corrected chi connectivity index (χ3v) is 5.19. The predicted molar refractivity (Wildman–Crippen MR) is 114 cm³/mol. The first-order valence-corrected chi connectivity index (χ1v) is 10.2. The number of benzene rings is 2. The fourth-order valence-corrected chi connectivity index (χ4v) is 3.73. The summed E-state index contributed by atoms with van der Waals surface area (Å²) in [6, 6.07) is 14.8. The molecule has 3 rings (SSSR count). The molecule has 0 aliphatic carbocycles. The fraction of sp³-hybridized carbons (Fsp3) is 0.238. The molecular weight excluding hydrogens is 388 g/mol. The maximum absolute atomic E-state index is 13.3. The van der Waals surface area contributed by atoms with E-state index in [1.807, 2.05) is 30.3 Å². The van der Waals surface area contributed by atoms with Gasteiger partial charge in [-0.2, -0.15) is 0 Å². The molecule has 2 aromatic carbocycles. The average Bonchev–Trinajstić information content (AvgIpc) is 2.70. The highest BCUT2D eigenvalue weighted by molar-refractivity contribution is 7.99. The van der Waals surface area contributed by atoms with E-state index >= 15 is 0 Å². The first-order chi connectivity index (χ1) is 13.9. The van der Waals surface area contributed by atoms with Gasteiger partial charge in [0.25, 0.3) is 5.56 Å². The van der Waals surface area contributed by atoms with Crippen LogP contribution in [0.15, 0.2) is 58.5 Å². The Morgan fingerprint density at radius 3 is 2.48 bits per heavy atom. The van der Waals surface area contributed by atoms with Gasteiger partial charge in [0.05, 0.1) is 22.3 Å². The zero-order chi connectivity index (χ0) is 21.0. The number of carbonyl (C=O) groups is 2. The second-order valence-corrected chi connectivity index (χ2v) is 7.73. The number of hydrogen-bond acceptors (Lipinski definition) is 5. The predicted octanol–water partition coefficient (Wildman–Crippen LogP) is 2.77. The van der Waals surface area contributed by atoms with Crippen molar-refractivity contribution in [3.63, 3.8) is 0 Å². The molecule has 7 nitrogen and oxygen atoms in total. The Hall–Kier alpha value is -3.13. The summed E-state index contributed by atoms with van der Waals surface area (Å²) in [6.07, 6.45) is 0. The molecule has 150 valence electrons. The van der Waals surface area contributed by atoms with Crippen molar-refractivity contribution in [3.8, 4) is 5.69 Å². The molecule has 0 aliphatic heterocycles. The second-order valence-electron chi connectivity index (χ2n) is 6.78. The zero-order valence-corrected chi connectivity index (χ0v) is 17.2. The minimum absolute atomic E-state index is 0.00505. The average molecular weight is 410 g/mol. The van der Waals surface area contributed by atoms with E-state index in [1.54, 1.807) is 22.8 Å². The Kier molecular flexibility index (Phi) is 6.33. The summed E-state index contributed by atoms with van der Waals surface area (Å²) in [5.74, 6) is -0.564. The molecule has 3 aromatic rings. The highest BCUT2D eigenvalue weighted by Gasteiger charge is 2.17. The molecular formula is C21H22N4O3S. The van der Waals surface area contributed by atoms with Crippen LogP contribution in [0, 0.1) is 0 Å². The van der Waals surface area contributed by atoms with Gasteiger partial charge in [-0.15, -0.1) is 0 Å². The summed E-state index contributed by atoms with van der Waals surface area (Å²) in [6.45, 7) is 5.43. The van der Waals surface area contributed by atoms with E-state index in [1.165, 1.54) is 6.92 Å². The smallest absolute Gasteiger partial charge is 0.266 e. The Bertz CT molecular complexity index is 1120. The largest absolute Gasteiger partial charge is 0.274 e. The number of hydrogen-bond donors (Lipinski definition) is 2. The number of thioether (sulfide) groups is 1. The molecule has 0 bridgehead atoms. The van der Waals surface area contributed by atoms with Crippen LogP contribution in [0.4, 0.5) is 0 Å². The van der Waals surface area contributed by atoms with Gasteiger partial charge in [-0.3, -0.25) is 29.8 Å². The van der Waals surface area contributed by atoms with Gasteiger partial charge < -0.3 is 0 Å². The number of amides is 2. The van der Waals surface area contributed by atoms with Crippen molar-refractivity contribution >= 4 is 34.5 Å². The lowest BCUT2D eigenvalue weighted by molar-refractivity contribution is -0.126. The lowest BCUT2D eigenvalue weighted by Crippen LogP contribution is -2.41. The van der Waals surface area contributed by atoms with Crippen molar-refractivity contribution in [2.45, 2.75) is 31.8 Å². The summed E-state index contributed by atoms with van der Waals surface area (Å²) in [7, 11) is 0. The van der Waals surface area contributed by atoms with Crippen molar-refractivity contribution in [2.75, 3.05) is 5.75 Å². The molecule has 2 N–H and O–H groups in total.